The van der Waals surface area contributed by atoms with Crippen molar-refractivity contribution in [3.8, 4) is 11.1 Å². The van der Waals surface area contributed by atoms with E-state index in [1.165, 1.54) is 18.3 Å². The Morgan fingerprint density at radius 3 is 2.52 bits per heavy atom. The maximum Gasteiger partial charge on any atom is 0.411 e. The van der Waals surface area contributed by atoms with E-state index in [9.17, 15) is 9.59 Å². The summed E-state index contributed by atoms with van der Waals surface area (Å²) in [5, 5.41) is 0. The molecule has 0 radical (unpaired) electrons. The summed E-state index contributed by atoms with van der Waals surface area (Å²) in [5.74, 6) is -0.497. The summed E-state index contributed by atoms with van der Waals surface area (Å²) >= 11 is 0. The zero-order valence-corrected chi connectivity index (χ0v) is 15.9. The van der Waals surface area contributed by atoms with Crippen LogP contribution in [0.5, 0.6) is 0 Å². The SMILES string of the molecule is COC(=O)C1c2cccc(-c3cncnc3)c2CCN1C(=O)OC(C)(C)C. The van der Waals surface area contributed by atoms with E-state index in [-0.39, 0.29) is 0 Å². The van der Waals surface area contributed by atoms with E-state index in [1.807, 2.05) is 18.2 Å². The van der Waals surface area contributed by atoms with Crippen LogP contribution in [0.4, 0.5) is 4.79 Å². The van der Waals surface area contributed by atoms with Crippen molar-refractivity contribution in [2.75, 3.05) is 13.7 Å². The number of carbonyl (C=O) groups excluding carboxylic acids is 2. The predicted molar refractivity (Wildman–Crippen MR) is 98.9 cm³/mol. The Bertz CT molecular complexity index is 846. The van der Waals surface area contributed by atoms with Gasteiger partial charge in [-0.05, 0) is 43.9 Å². The number of amides is 1. The molecule has 2 aromatic rings. The zero-order valence-electron chi connectivity index (χ0n) is 15.9. The first kappa shape index (κ1) is 18.8. The molecular formula is C20H23N3O4. The molecule has 0 saturated carbocycles. The van der Waals surface area contributed by atoms with Crippen LogP contribution in [0.15, 0.2) is 36.9 Å². The minimum atomic E-state index is -0.849. The summed E-state index contributed by atoms with van der Waals surface area (Å²) in [5.41, 5.74) is 2.89. The molecule has 0 aliphatic carbocycles. The first-order valence-corrected chi connectivity index (χ1v) is 8.76. The molecular weight excluding hydrogens is 346 g/mol. The molecule has 0 fully saturated rings. The van der Waals surface area contributed by atoms with Crippen LogP contribution in [-0.4, -0.2) is 46.2 Å². The molecule has 1 aliphatic rings. The van der Waals surface area contributed by atoms with E-state index in [2.05, 4.69) is 9.97 Å². The molecule has 0 spiro atoms. The number of fused-ring (bicyclic) bond motifs is 1. The monoisotopic (exact) mass is 369 g/mol. The van der Waals surface area contributed by atoms with Crippen molar-refractivity contribution in [1.29, 1.82) is 0 Å². The number of nitrogens with zero attached hydrogens (tertiary/aromatic N) is 3. The van der Waals surface area contributed by atoms with Crippen LogP contribution in [0.25, 0.3) is 11.1 Å². The number of methoxy groups -OCH3 is 1. The number of esters is 1. The summed E-state index contributed by atoms with van der Waals surface area (Å²) in [7, 11) is 1.32. The van der Waals surface area contributed by atoms with Crippen LogP contribution in [0, 0.1) is 0 Å². The number of ether oxygens (including phenoxy) is 2. The predicted octanol–water partition coefficient (Wildman–Crippen LogP) is 3.15. The molecule has 1 atom stereocenters. The lowest BCUT2D eigenvalue weighted by Gasteiger charge is -2.37. The van der Waals surface area contributed by atoms with E-state index >= 15 is 0 Å². The normalized spacial score (nSPS) is 16.4. The molecule has 7 nitrogen and oxygen atoms in total. The van der Waals surface area contributed by atoms with Gasteiger partial charge >= 0.3 is 12.1 Å². The smallest absolute Gasteiger partial charge is 0.411 e. The van der Waals surface area contributed by atoms with Crippen LogP contribution in [0.3, 0.4) is 0 Å². The second kappa shape index (κ2) is 7.34. The molecule has 7 heteroatoms. The molecule has 0 N–H and O–H groups in total. The third kappa shape index (κ3) is 3.92. The molecule has 1 aliphatic heterocycles. The number of carbonyl (C=O) groups is 2. The second-order valence-corrected chi connectivity index (χ2v) is 7.35. The lowest BCUT2D eigenvalue weighted by molar-refractivity contribution is -0.147. The van der Waals surface area contributed by atoms with Gasteiger partial charge in [-0.15, -0.1) is 0 Å². The van der Waals surface area contributed by atoms with Gasteiger partial charge in [-0.3, -0.25) is 4.90 Å². The van der Waals surface area contributed by atoms with Crippen molar-refractivity contribution < 1.29 is 19.1 Å². The Labute approximate surface area is 158 Å². The van der Waals surface area contributed by atoms with Crippen LogP contribution in [-0.2, 0) is 20.7 Å². The van der Waals surface area contributed by atoms with Gasteiger partial charge in [-0.25, -0.2) is 19.6 Å². The third-order valence-electron chi connectivity index (χ3n) is 4.35. The average molecular weight is 369 g/mol. The average Bonchev–Trinajstić information content (AvgIpc) is 2.65. The Morgan fingerprint density at radius 1 is 1.19 bits per heavy atom. The number of benzene rings is 1. The fourth-order valence-corrected chi connectivity index (χ4v) is 3.26. The highest BCUT2D eigenvalue weighted by molar-refractivity contribution is 5.85. The van der Waals surface area contributed by atoms with E-state index in [1.54, 1.807) is 33.2 Å². The van der Waals surface area contributed by atoms with Crippen molar-refractivity contribution in [3.05, 3.63) is 48.0 Å². The van der Waals surface area contributed by atoms with Crippen molar-refractivity contribution in [2.45, 2.75) is 38.8 Å². The Hall–Kier alpha value is -2.96. The standard InChI is InChI=1S/C20H23N3O4/c1-20(2,3)27-19(25)23-9-8-15-14(13-10-21-12-22-11-13)6-5-7-16(15)17(23)18(24)26-4/h5-7,10-12,17H,8-9H2,1-4H3. The molecule has 142 valence electrons. The number of hydrogen-bond donors (Lipinski definition) is 0. The molecule has 1 aromatic carbocycles. The fourth-order valence-electron chi connectivity index (χ4n) is 3.26. The number of hydrogen-bond acceptors (Lipinski definition) is 6. The maximum atomic E-state index is 12.7. The molecule has 1 amide bonds. The minimum Gasteiger partial charge on any atom is -0.467 e. The molecule has 0 bridgehead atoms. The lowest BCUT2D eigenvalue weighted by atomic mass is 9.87. The quantitative estimate of drug-likeness (QED) is 0.757. The van der Waals surface area contributed by atoms with Crippen molar-refractivity contribution >= 4 is 12.1 Å². The van der Waals surface area contributed by atoms with E-state index in [0.29, 0.717) is 13.0 Å². The van der Waals surface area contributed by atoms with E-state index < -0.39 is 23.7 Å². The van der Waals surface area contributed by atoms with Gasteiger partial charge in [0, 0.05) is 24.5 Å². The summed E-state index contributed by atoms with van der Waals surface area (Å²) in [6.45, 7) is 5.74. The van der Waals surface area contributed by atoms with Crippen LogP contribution in [0.2, 0.25) is 0 Å². The summed E-state index contributed by atoms with van der Waals surface area (Å²) in [6, 6.07) is 4.82. The Morgan fingerprint density at radius 2 is 1.89 bits per heavy atom. The van der Waals surface area contributed by atoms with E-state index in [0.717, 1.165) is 22.3 Å². The summed E-state index contributed by atoms with van der Waals surface area (Å²) in [6.07, 6.45) is 5.00. The highest BCUT2D eigenvalue weighted by Gasteiger charge is 2.39. The van der Waals surface area contributed by atoms with Gasteiger partial charge in [0.05, 0.1) is 7.11 Å². The summed E-state index contributed by atoms with van der Waals surface area (Å²) in [4.78, 5) is 34.8. The topological polar surface area (TPSA) is 81.6 Å². The molecule has 2 heterocycles. The van der Waals surface area contributed by atoms with Gasteiger partial charge < -0.3 is 9.47 Å². The van der Waals surface area contributed by atoms with Gasteiger partial charge in [-0.2, -0.15) is 0 Å². The highest BCUT2D eigenvalue weighted by Crippen LogP contribution is 2.37. The van der Waals surface area contributed by atoms with Gasteiger partial charge in [-0.1, -0.05) is 18.2 Å². The van der Waals surface area contributed by atoms with Crippen LogP contribution in [0.1, 0.15) is 37.9 Å². The molecule has 1 unspecified atom stereocenters. The number of rotatable bonds is 2. The largest absolute Gasteiger partial charge is 0.467 e. The second-order valence-electron chi connectivity index (χ2n) is 7.35. The van der Waals surface area contributed by atoms with E-state index in [4.69, 9.17) is 9.47 Å². The highest BCUT2D eigenvalue weighted by atomic mass is 16.6. The van der Waals surface area contributed by atoms with Gasteiger partial charge in [0.1, 0.15) is 11.9 Å². The summed E-state index contributed by atoms with van der Waals surface area (Å²) < 4.78 is 10.5. The molecule has 3 rings (SSSR count). The van der Waals surface area contributed by atoms with Crippen molar-refractivity contribution in [3.63, 3.8) is 0 Å². The third-order valence-corrected chi connectivity index (χ3v) is 4.35. The molecule has 1 aromatic heterocycles. The Kier molecular flexibility index (Phi) is 5.12. The molecule has 27 heavy (non-hydrogen) atoms. The van der Waals surface area contributed by atoms with Gasteiger partial charge in [0.2, 0.25) is 0 Å². The van der Waals surface area contributed by atoms with Crippen molar-refractivity contribution in [1.82, 2.24) is 14.9 Å². The number of aromatic nitrogens is 2. The maximum absolute atomic E-state index is 12.7. The lowest BCUT2D eigenvalue weighted by Crippen LogP contribution is -2.46. The minimum absolute atomic E-state index is 0.354. The van der Waals surface area contributed by atoms with Gasteiger partial charge in [0.25, 0.3) is 0 Å². The van der Waals surface area contributed by atoms with Gasteiger partial charge in [0.15, 0.2) is 6.04 Å². The van der Waals surface area contributed by atoms with Crippen LogP contribution < -0.4 is 0 Å². The molecule has 0 saturated heterocycles. The first-order valence-electron chi connectivity index (χ1n) is 8.76. The van der Waals surface area contributed by atoms with Crippen molar-refractivity contribution in [2.24, 2.45) is 0 Å². The first-order chi connectivity index (χ1) is 12.8. The zero-order chi connectivity index (χ0) is 19.6. The Balaban J connectivity index is 2.05. The van der Waals surface area contributed by atoms with Crippen LogP contribution >= 0.6 is 0 Å². The fraction of sp³-hybridized carbons (Fsp3) is 0.400.